The van der Waals surface area contributed by atoms with Gasteiger partial charge in [-0.2, -0.15) is 0 Å². The Bertz CT molecular complexity index is 490. The lowest BCUT2D eigenvalue weighted by Crippen LogP contribution is -2.33. The van der Waals surface area contributed by atoms with Crippen LogP contribution in [0.4, 0.5) is 0 Å². The fraction of sp³-hybridized carbons (Fsp3) is 0.625. The molecule has 0 saturated carbocycles. The molecule has 1 aliphatic heterocycles. The first-order chi connectivity index (χ1) is 8.71. The van der Waals surface area contributed by atoms with E-state index in [1.54, 1.807) is 0 Å². The molecule has 0 bridgehead atoms. The Morgan fingerprint density at radius 2 is 2.35 bits per heavy atom. The highest BCUT2D eigenvalue weighted by atomic mass is 16.6. The maximum Gasteiger partial charge on any atom is 0.215 e. The van der Waals surface area contributed by atoms with E-state index in [9.17, 15) is 15.3 Å². The summed E-state index contributed by atoms with van der Waals surface area (Å²) in [6.45, 7) is -2.82. The molecule has 1 saturated heterocycles. The van der Waals surface area contributed by atoms with Gasteiger partial charge in [-0.25, -0.2) is 9.67 Å². The molecular weight excluding hydrogens is 230 g/mol. The molecule has 1 aliphatic rings. The largest absolute Gasteiger partial charge is 0.394 e. The van der Waals surface area contributed by atoms with Gasteiger partial charge in [0.25, 0.3) is 0 Å². The molecule has 0 spiro atoms. The maximum atomic E-state index is 9.77. The van der Waals surface area contributed by atoms with Crippen LogP contribution in [0.3, 0.4) is 0 Å². The van der Waals surface area contributed by atoms with Gasteiger partial charge in [-0.3, -0.25) is 5.41 Å². The van der Waals surface area contributed by atoms with E-state index in [2.05, 4.69) is 10.1 Å². The van der Waals surface area contributed by atoms with Crippen molar-refractivity contribution in [1.29, 1.82) is 5.41 Å². The van der Waals surface area contributed by atoms with E-state index in [1.165, 1.54) is 0 Å². The number of hydrogen-bond acceptors (Lipinski definition) is 7. The Labute approximate surface area is 98.8 Å². The Kier molecular flexibility index (Phi) is 2.44. The van der Waals surface area contributed by atoms with E-state index in [0.717, 1.165) is 11.0 Å². The fourth-order valence-electron chi connectivity index (χ4n) is 1.51. The Balaban J connectivity index is 2.24. The van der Waals surface area contributed by atoms with Crippen LogP contribution in [0.2, 0.25) is 0 Å². The van der Waals surface area contributed by atoms with E-state index in [-0.39, 0.29) is 11.7 Å². The van der Waals surface area contributed by atoms with E-state index in [0.29, 0.717) is 0 Å². The molecule has 0 amide bonds. The van der Waals surface area contributed by atoms with Crippen molar-refractivity contribution in [2.75, 3.05) is 6.56 Å². The zero-order valence-electron chi connectivity index (χ0n) is 10.6. The van der Waals surface area contributed by atoms with Crippen molar-refractivity contribution in [3.05, 3.63) is 12.2 Å². The Morgan fingerprint density at radius 3 is 2.82 bits per heavy atom. The lowest BCUT2D eigenvalue weighted by molar-refractivity contribution is -0.0588. The molecule has 9 heteroatoms. The third kappa shape index (κ3) is 2.00. The predicted molar refractivity (Wildman–Crippen MR) is 54.0 cm³/mol. The molecule has 4 atom stereocenters. The number of rotatable bonds is 3. The standard InChI is InChI=1S/C8H13N5O4/c9-6(10)7-11-2-13(12-7)8-5(16)4(15)3(1-14)17-8/h2-5,8,14-16H,1H2,(H3,9,10)/t3-,4-,5-,8-/m1/s1/i1D2. The Hall–Kier alpha value is -1.55. The van der Waals surface area contributed by atoms with Gasteiger partial charge in [0.05, 0.1) is 9.30 Å². The van der Waals surface area contributed by atoms with Gasteiger partial charge in [-0.05, 0) is 0 Å². The summed E-state index contributed by atoms with van der Waals surface area (Å²) >= 11 is 0. The van der Waals surface area contributed by atoms with Crippen LogP contribution in [-0.4, -0.2) is 60.8 Å². The molecule has 1 aromatic rings. The number of hydrogen-bond donors (Lipinski definition) is 5. The second kappa shape index (κ2) is 4.37. The summed E-state index contributed by atoms with van der Waals surface area (Å²) in [5.41, 5.74) is 5.18. The highest BCUT2D eigenvalue weighted by molar-refractivity contribution is 5.90. The number of aliphatic hydroxyl groups excluding tert-OH is 2. The SMILES string of the molecule is [2H]C([2H])(O)[C@H]1O[C@@H](n2cnc(C(=N)N)n2)[C@H](O)[C@@H]1O. The number of nitrogens with one attached hydrogen (secondary N) is 1. The summed E-state index contributed by atoms with van der Waals surface area (Å²) in [7, 11) is 0. The molecule has 1 aromatic heterocycles. The molecule has 0 aromatic carbocycles. The number of nitrogen functional groups attached to an aromatic ring is 1. The topological polar surface area (TPSA) is 150 Å². The minimum atomic E-state index is -2.82. The van der Waals surface area contributed by atoms with Crippen LogP contribution in [0.25, 0.3) is 0 Å². The average molecular weight is 245 g/mol. The molecular formula is C8H13N5O4. The first kappa shape index (κ1) is 9.48. The third-order valence-corrected chi connectivity index (χ3v) is 2.38. The van der Waals surface area contributed by atoms with Crippen molar-refractivity contribution in [1.82, 2.24) is 14.8 Å². The maximum absolute atomic E-state index is 9.77. The van der Waals surface area contributed by atoms with E-state index in [1.807, 2.05) is 0 Å². The lowest BCUT2D eigenvalue weighted by atomic mass is 10.1. The van der Waals surface area contributed by atoms with Gasteiger partial charge < -0.3 is 25.8 Å². The van der Waals surface area contributed by atoms with E-state index in [4.69, 9.17) is 18.6 Å². The van der Waals surface area contributed by atoms with Crippen molar-refractivity contribution in [3.8, 4) is 0 Å². The number of nitrogens with two attached hydrogens (primary N) is 1. The average Bonchev–Trinajstić information content (AvgIpc) is 2.85. The minimum Gasteiger partial charge on any atom is -0.394 e. The zero-order valence-corrected chi connectivity index (χ0v) is 8.56. The van der Waals surface area contributed by atoms with Crippen LogP contribution in [0, 0.1) is 5.41 Å². The number of amidine groups is 1. The number of aromatic nitrogens is 3. The van der Waals surface area contributed by atoms with Gasteiger partial charge in [0.1, 0.15) is 24.6 Å². The smallest absolute Gasteiger partial charge is 0.215 e. The summed E-state index contributed by atoms with van der Waals surface area (Å²) < 4.78 is 20.3. The lowest BCUT2D eigenvalue weighted by Gasteiger charge is -2.13. The number of aliphatic hydroxyl groups is 3. The van der Waals surface area contributed by atoms with Crippen molar-refractivity contribution < 1.29 is 22.8 Å². The van der Waals surface area contributed by atoms with Gasteiger partial charge in [0, 0.05) is 0 Å². The van der Waals surface area contributed by atoms with Gasteiger partial charge in [-0.15, -0.1) is 5.10 Å². The number of nitrogens with zero attached hydrogens (tertiary/aromatic N) is 3. The van der Waals surface area contributed by atoms with Gasteiger partial charge in [0.2, 0.25) is 5.82 Å². The van der Waals surface area contributed by atoms with Gasteiger partial charge in [0.15, 0.2) is 12.1 Å². The van der Waals surface area contributed by atoms with Crippen LogP contribution >= 0.6 is 0 Å². The Morgan fingerprint density at radius 1 is 1.65 bits per heavy atom. The second-order valence-electron chi connectivity index (χ2n) is 3.52. The molecule has 0 unspecified atom stereocenters. The van der Waals surface area contributed by atoms with Crippen molar-refractivity contribution >= 4 is 5.84 Å². The van der Waals surface area contributed by atoms with Crippen LogP contribution < -0.4 is 5.73 Å². The van der Waals surface area contributed by atoms with Crippen LogP contribution in [-0.2, 0) is 4.74 Å². The first-order valence-electron chi connectivity index (χ1n) is 5.71. The molecule has 0 radical (unpaired) electrons. The van der Waals surface area contributed by atoms with Crippen LogP contribution in [0.5, 0.6) is 0 Å². The highest BCUT2D eigenvalue weighted by Crippen LogP contribution is 2.28. The molecule has 6 N–H and O–H groups in total. The normalized spacial score (nSPS) is 35.5. The van der Waals surface area contributed by atoms with Crippen molar-refractivity contribution in [2.24, 2.45) is 5.73 Å². The summed E-state index contributed by atoms with van der Waals surface area (Å²) in [6.07, 6.45) is -4.88. The van der Waals surface area contributed by atoms with Gasteiger partial charge in [-0.1, -0.05) is 0 Å². The van der Waals surface area contributed by atoms with Crippen LogP contribution in [0.15, 0.2) is 6.33 Å². The quantitative estimate of drug-likeness (QED) is 0.284. The molecule has 0 aliphatic carbocycles. The summed E-state index contributed by atoms with van der Waals surface area (Å²) in [4.78, 5) is 3.68. The minimum absolute atomic E-state index is 0.0965. The molecule has 2 heterocycles. The molecule has 2 rings (SSSR count). The van der Waals surface area contributed by atoms with Crippen molar-refractivity contribution in [3.63, 3.8) is 0 Å². The summed E-state index contributed by atoms with van der Waals surface area (Å²) in [6, 6.07) is 0. The van der Waals surface area contributed by atoms with E-state index < -0.39 is 31.1 Å². The molecule has 17 heavy (non-hydrogen) atoms. The van der Waals surface area contributed by atoms with Crippen molar-refractivity contribution in [2.45, 2.75) is 24.5 Å². The van der Waals surface area contributed by atoms with Gasteiger partial charge >= 0.3 is 0 Å². The fourth-order valence-corrected chi connectivity index (χ4v) is 1.51. The molecule has 9 nitrogen and oxygen atoms in total. The molecule has 1 fully saturated rings. The third-order valence-electron chi connectivity index (χ3n) is 2.38. The van der Waals surface area contributed by atoms with E-state index >= 15 is 0 Å². The molecule has 94 valence electrons. The second-order valence-corrected chi connectivity index (χ2v) is 3.52. The zero-order chi connectivity index (χ0) is 14.4. The number of ether oxygens (including phenoxy) is 1. The summed E-state index contributed by atoms with van der Waals surface area (Å²) in [5.74, 6) is -0.485. The first-order valence-corrected chi connectivity index (χ1v) is 4.71. The monoisotopic (exact) mass is 245 g/mol. The highest BCUT2D eigenvalue weighted by Gasteiger charge is 2.43. The van der Waals surface area contributed by atoms with Crippen LogP contribution in [0.1, 0.15) is 14.8 Å². The summed E-state index contributed by atoms with van der Waals surface area (Å²) in [5, 5.41) is 39.5. The predicted octanol–water partition coefficient (Wildman–Crippen LogP) is -2.83.